The lowest BCUT2D eigenvalue weighted by atomic mass is 10.3. The van der Waals surface area contributed by atoms with E-state index in [-0.39, 0.29) is 10.8 Å². The molecule has 0 aliphatic heterocycles. The maximum Gasteiger partial charge on any atom is 0.264 e. The van der Waals surface area contributed by atoms with Gasteiger partial charge in [-0.1, -0.05) is 0 Å². The van der Waals surface area contributed by atoms with Gasteiger partial charge in [0.1, 0.15) is 5.69 Å². The molecule has 2 rings (SSSR count). The number of nitrogens with one attached hydrogen (secondary N) is 1. The Morgan fingerprint density at radius 2 is 1.57 bits per heavy atom. The van der Waals surface area contributed by atoms with Gasteiger partial charge in [-0.15, -0.1) is 0 Å². The Labute approximate surface area is 119 Å². The molecule has 0 spiro atoms. The predicted octanol–water partition coefficient (Wildman–Crippen LogP) is -0.0883. The molecule has 0 fully saturated rings. The molecule has 0 saturated heterocycles. The fourth-order valence-electron chi connectivity index (χ4n) is 1.20. The highest BCUT2D eigenvalue weighted by Crippen LogP contribution is 2.13. The minimum Gasteiger partial charge on any atom is -0.356 e. The minimum atomic E-state index is -3.63. The van der Waals surface area contributed by atoms with E-state index in [1.165, 1.54) is 24.5 Å². The van der Waals surface area contributed by atoms with Gasteiger partial charge in [-0.05, 0) is 18.2 Å². The largest absolute Gasteiger partial charge is 0.356 e. The topological polar surface area (TPSA) is 166 Å². The van der Waals surface area contributed by atoms with Crippen LogP contribution in [0.25, 0.3) is 0 Å². The highest BCUT2D eigenvalue weighted by Gasteiger charge is 2.15. The molecule has 2 aromatic rings. The van der Waals surface area contributed by atoms with Crippen LogP contribution in [0.3, 0.4) is 0 Å². The third kappa shape index (κ3) is 5.80. The first-order valence-electron chi connectivity index (χ1n) is 5.34. The Bertz CT molecular complexity index is 686. The Hall–Kier alpha value is -2.79. The number of aromatic nitrogens is 2. The van der Waals surface area contributed by atoms with Gasteiger partial charge in [-0.2, -0.15) is 0 Å². The van der Waals surface area contributed by atoms with E-state index >= 15 is 0 Å². The molecule has 10 nitrogen and oxygen atoms in total. The molecule has 0 unspecified atom stereocenters. The third-order valence-corrected chi connectivity index (χ3v) is 3.37. The van der Waals surface area contributed by atoms with E-state index < -0.39 is 15.1 Å². The summed E-state index contributed by atoms with van der Waals surface area (Å²) in [6.07, 6.45) is 2.92. The number of rotatable bonds is 3. The fraction of sp³-hybridized carbons (Fsp3) is 0. The van der Waals surface area contributed by atoms with E-state index in [4.69, 9.17) is 15.3 Å². The number of sulfonamides is 1. The van der Waals surface area contributed by atoms with Crippen LogP contribution in [0.15, 0.2) is 47.6 Å². The quantitative estimate of drug-likeness (QED) is 0.589. The van der Waals surface area contributed by atoms with Gasteiger partial charge in [0, 0.05) is 24.5 Å². The summed E-state index contributed by atoms with van der Waals surface area (Å²) in [6, 6.07) is 7.82. The first-order valence-corrected chi connectivity index (χ1v) is 6.83. The zero-order chi connectivity index (χ0) is 15.9. The first-order chi connectivity index (χ1) is 9.81. The molecule has 0 bridgehead atoms. The molecule has 1 aromatic carbocycles. The monoisotopic (exact) mass is 313 g/mol. The summed E-state index contributed by atoms with van der Waals surface area (Å²) in [5, 5.41) is 14.8. The van der Waals surface area contributed by atoms with Crippen LogP contribution in [0, 0.1) is 15.3 Å². The zero-order valence-electron chi connectivity index (χ0n) is 10.5. The molecule has 0 amide bonds. The molecule has 1 aromatic heterocycles. The van der Waals surface area contributed by atoms with E-state index in [0.29, 0.717) is 0 Å². The summed E-state index contributed by atoms with van der Waals surface area (Å²) < 4.78 is 26.1. The summed E-state index contributed by atoms with van der Waals surface area (Å²) in [5.41, 5.74) is 4.44. The van der Waals surface area contributed by atoms with Crippen molar-refractivity contribution in [2.45, 2.75) is 4.90 Å². The van der Waals surface area contributed by atoms with Crippen LogP contribution in [0.4, 0.5) is 11.6 Å². The Morgan fingerprint density at radius 1 is 1.10 bits per heavy atom. The molecule has 0 atom stereocenters. The van der Waals surface area contributed by atoms with Crippen LogP contribution in [0.2, 0.25) is 0 Å². The van der Waals surface area contributed by atoms with Crippen molar-refractivity contribution in [1.29, 1.82) is 0 Å². The van der Waals surface area contributed by atoms with Gasteiger partial charge >= 0.3 is 0 Å². The van der Waals surface area contributed by atoms with Crippen LogP contribution in [-0.4, -0.2) is 23.5 Å². The van der Waals surface area contributed by atoms with Crippen molar-refractivity contribution in [2.24, 2.45) is 0 Å². The molecular formula is C10H11N5O5S. The van der Waals surface area contributed by atoms with Crippen molar-refractivity contribution >= 4 is 21.7 Å². The van der Waals surface area contributed by atoms with E-state index in [0.717, 1.165) is 5.69 Å². The maximum atomic E-state index is 11.9. The smallest absolute Gasteiger partial charge is 0.264 e. The lowest BCUT2D eigenvalue weighted by molar-refractivity contribution is -0.402. The standard InChI is InChI=1S/C10H10N4O2S.NO3/c11-8-2-4-9(5-3-8)17(15,16)14-10-12-6-1-7-13-10;2-1(3)4/h1-7H,11H2,(H,12,13,14);/q;-1/p+1. The second kappa shape index (κ2) is 7.12. The van der Waals surface area contributed by atoms with Gasteiger partial charge in [0.2, 0.25) is 5.95 Å². The second-order valence-electron chi connectivity index (χ2n) is 3.55. The van der Waals surface area contributed by atoms with Crippen molar-refractivity contribution in [1.82, 2.24) is 9.97 Å². The molecule has 0 aliphatic carbocycles. The summed E-state index contributed by atoms with van der Waals surface area (Å²) in [5.74, 6) is 0.0474. The Kier molecular flexibility index (Phi) is 5.51. The number of hydrogen-bond donors (Lipinski definition) is 2. The number of nitrogens with zero attached hydrogens (tertiary/aromatic N) is 3. The average molecular weight is 313 g/mol. The van der Waals surface area contributed by atoms with Crippen LogP contribution in [0.1, 0.15) is 0 Å². The molecule has 1 heterocycles. The van der Waals surface area contributed by atoms with Gasteiger partial charge in [-0.3, -0.25) is 0 Å². The van der Waals surface area contributed by atoms with Crippen molar-refractivity contribution in [3.63, 3.8) is 0 Å². The lowest BCUT2D eigenvalue weighted by Crippen LogP contribution is -2.39. The van der Waals surface area contributed by atoms with Crippen LogP contribution in [-0.2, 0) is 10.0 Å². The van der Waals surface area contributed by atoms with E-state index in [2.05, 4.69) is 20.4 Å². The number of quaternary nitrogens is 1. The van der Waals surface area contributed by atoms with Gasteiger partial charge < -0.3 is 21.1 Å². The van der Waals surface area contributed by atoms with Crippen molar-refractivity contribution < 1.29 is 19.2 Å². The number of anilines is 1. The van der Waals surface area contributed by atoms with Crippen LogP contribution in [0.5, 0.6) is 0 Å². The normalized spacial score (nSPS) is 10.1. The first kappa shape index (κ1) is 16.3. The molecule has 4 N–H and O–H groups in total. The summed E-state index contributed by atoms with van der Waals surface area (Å²) in [4.78, 5) is 16.0. The van der Waals surface area contributed by atoms with Gasteiger partial charge in [0.25, 0.3) is 10.0 Å². The van der Waals surface area contributed by atoms with Crippen molar-refractivity contribution in [3.05, 3.63) is 58.0 Å². The van der Waals surface area contributed by atoms with Gasteiger partial charge in [0.15, 0.2) is 0 Å². The number of benzene rings is 1. The molecule has 0 radical (unpaired) electrons. The second-order valence-corrected chi connectivity index (χ2v) is 5.23. The SMILES string of the molecule is O=[N+]([O-])[O-].[NH3+]c1ccc(S(=O)(=O)Nc2ncccn2)cc1. The highest BCUT2D eigenvalue weighted by molar-refractivity contribution is 7.92. The van der Waals surface area contributed by atoms with E-state index in [1.807, 2.05) is 0 Å². The Morgan fingerprint density at radius 3 is 2.05 bits per heavy atom. The summed E-state index contributed by atoms with van der Waals surface area (Å²) >= 11 is 0. The predicted molar refractivity (Wildman–Crippen MR) is 72.2 cm³/mol. The van der Waals surface area contributed by atoms with Gasteiger partial charge in [-0.25, -0.2) is 23.1 Å². The number of hydrogen-bond acceptors (Lipinski definition) is 7. The third-order valence-electron chi connectivity index (χ3n) is 2.03. The molecule has 112 valence electrons. The molecule has 21 heavy (non-hydrogen) atoms. The minimum absolute atomic E-state index is 0.0474. The Balaban J connectivity index is 0.000000491. The zero-order valence-corrected chi connectivity index (χ0v) is 11.4. The van der Waals surface area contributed by atoms with Crippen molar-refractivity contribution in [2.75, 3.05) is 4.72 Å². The molecule has 11 heteroatoms. The molecule has 0 saturated carbocycles. The fourth-order valence-corrected chi connectivity index (χ4v) is 2.16. The molecule has 0 aliphatic rings. The maximum absolute atomic E-state index is 11.9. The van der Waals surface area contributed by atoms with Crippen LogP contribution >= 0.6 is 0 Å². The molecular weight excluding hydrogens is 302 g/mol. The summed E-state index contributed by atoms with van der Waals surface area (Å²) in [6.45, 7) is 0. The summed E-state index contributed by atoms with van der Waals surface area (Å²) in [7, 11) is -3.63. The van der Waals surface area contributed by atoms with Gasteiger partial charge in [0.05, 0.1) is 9.98 Å². The van der Waals surface area contributed by atoms with Crippen LogP contribution < -0.4 is 10.5 Å². The average Bonchev–Trinajstić information content (AvgIpc) is 2.39. The van der Waals surface area contributed by atoms with E-state index in [1.54, 1.807) is 18.2 Å². The van der Waals surface area contributed by atoms with Crippen molar-refractivity contribution in [3.8, 4) is 0 Å². The lowest BCUT2D eigenvalue weighted by Gasteiger charge is -2.05. The highest BCUT2D eigenvalue weighted by atomic mass is 32.2. The van der Waals surface area contributed by atoms with E-state index in [9.17, 15) is 8.42 Å².